The van der Waals surface area contributed by atoms with Crippen LogP contribution >= 0.6 is 0 Å². The predicted molar refractivity (Wildman–Crippen MR) is 120 cm³/mol. The molecule has 0 aliphatic carbocycles. The number of amides is 1. The molecule has 10 nitrogen and oxygen atoms in total. The molecule has 3 aromatic heterocycles. The fourth-order valence-electron chi connectivity index (χ4n) is 3.15. The minimum Gasteiger partial charge on any atom is -0.379 e. The molecule has 0 saturated heterocycles. The first-order valence-corrected chi connectivity index (χ1v) is 11.1. The van der Waals surface area contributed by atoms with Gasteiger partial charge in [0.25, 0.3) is 5.91 Å². The number of benzene rings is 2. The molecule has 164 valence electrons. The number of aromatic nitrogens is 5. The Morgan fingerprint density at radius 2 is 1.76 bits per heavy atom. The van der Waals surface area contributed by atoms with E-state index in [-0.39, 0.29) is 22.5 Å². The number of pyridine rings is 1. The van der Waals surface area contributed by atoms with E-state index in [4.69, 9.17) is 4.18 Å². The molecule has 0 radical (unpaired) electrons. The lowest BCUT2D eigenvalue weighted by Gasteiger charge is -2.08. The average molecular weight is 460 g/mol. The van der Waals surface area contributed by atoms with Crippen LogP contribution in [0.25, 0.3) is 16.7 Å². The Hall–Kier alpha value is -4.51. The van der Waals surface area contributed by atoms with Gasteiger partial charge in [0.1, 0.15) is 10.6 Å². The highest BCUT2D eigenvalue weighted by molar-refractivity contribution is 7.87. The van der Waals surface area contributed by atoms with Crippen LogP contribution < -0.4 is 9.50 Å². The van der Waals surface area contributed by atoms with Crippen molar-refractivity contribution in [2.75, 3.05) is 5.32 Å². The van der Waals surface area contributed by atoms with E-state index >= 15 is 0 Å². The lowest BCUT2D eigenvalue weighted by molar-refractivity contribution is 0.102. The third kappa shape index (κ3) is 4.29. The van der Waals surface area contributed by atoms with Gasteiger partial charge in [-0.1, -0.05) is 0 Å². The van der Waals surface area contributed by atoms with E-state index in [9.17, 15) is 13.2 Å². The number of fused-ring (bicyclic) bond motifs is 1. The highest BCUT2D eigenvalue weighted by Gasteiger charge is 2.18. The van der Waals surface area contributed by atoms with Gasteiger partial charge < -0.3 is 13.7 Å². The van der Waals surface area contributed by atoms with Crippen LogP contribution in [0.5, 0.6) is 5.75 Å². The molecule has 2 aromatic carbocycles. The van der Waals surface area contributed by atoms with E-state index in [1.807, 2.05) is 0 Å². The van der Waals surface area contributed by atoms with Crippen molar-refractivity contribution < 1.29 is 17.4 Å². The normalized spacial score (nSPS) is 11.4. The van der Waals surface area contributed by atoms with Crippen LogP contribution in [0.1, 0.15) is 10.4 Å². The molecule has 3 heterocycles. The van der Waals surface area contributed by atoms with Gasteiger partial charge >= 0.3 is 10.1 Å². The second-order valence-corrected chi connectivity index (χ2v) is 8.50. The van der Waals surface area contributed by atoms with Crippen LogP contribution in [-0.2, 0) is 10.1 Å². The van der Waals surface area contributed by atoms with Gasteiger partial charge in [0.15, 0.2) is 0 Å². The molecule has 11 heteroatoms. The Labute approximate surface area is 188 Å². The maximum Gasteiger partial charge on any atom is 0.339 e. The zero-order chi connectivity index (χ0) is 22.8. The molecule has 0 unspecified atom stereocenters. The van der Waals surface area contributed by atoms with E-state index in [1.165, 1.54) is 36.7 Å². The summed E-state index contributed by atoms with van der Waals surface area (Å²) < 4.78 is 32.5. The number of imidazole rings is 2. The molecule has 2 N–H and O–H groups in total. The maximum absolute atomic E-state index is 12.7. The minimum atomic E-state index is -4.05. The Kier molecular flexibility index (Phi) is 5.07. The quantitative estimate of drug-likeness (QED) is 0.372. The fourth-order valence-corrected chi connectivity index (χ4v) is 4.08. The number of anilines is 1. The van der Waals surface area contributed by atoms with Gasteiger partial charge in [-0.05, 0) is 48.5 Å². The molecule has 0 spiro atoms. The fraction of sp³-hybridized carbons (Fsp3) is 0. The molecule has 0 aliphatic rings. The Balaban J connectivity index is 1.34. The van der Waals surface area contributed by atoms with E-state index in [0.717, 1.165) is 5.69 Å². The van der Waals surface area contributed by atoms with Gasteiger partial charge in [-0.25, -0.2) is 9.97 Å². The number of H-pyrrole nitrogens is 1. The maximum atomic E-state index is 12.7. The number of aromatic amines is 1. The van der Waals surface area contributed by atoms with E-state index < -0.39 is 10.1 Å². The summed E-state index contributed by atoms with van der Waals surface area (Å²) in [7, 11) is -4.05. The van der Waals surface area contributed by atoms with Gasteiger partial charge in [0.05, 0.1) is 17.4 Å². The molecular formula is C22H16N6O4S. The molecule has 0 bridgehead atoms. The first kappa shape index (κ1) is 20.4. The van der Waals surface area contributed by atoms with Crippen molar-refractivity contribution in [3.05, 3.63) is 91.3 Å². The van der Waals surface area contributed by atoms with E-state index in [0.29, 0.717) is 16.6 Å². The number of carbonyl (C=O) groups excluding carboxylic acids is 1. The second kappa shape index (κ2) is 8.20. The molecule has 1 amide bonds. The SMILES string of the molecule is O=C(Nc1nc2ccc(OS(=O)(=O)c3ccc(-n4ccnc4)cc3)cc2[nH]1)c1ccncc1. The molecule has 0 fully saturated rings. The summed E-state index contributed by atoms with van der Waals surface area (Å²) in [5.41, 5.74) is 2.24. The van der Waals surface area contributed by atoms with Gasteiger partial charge in [-0.2, -0.15) is 8.42 Å². The van der Waals surface area contributed by atoms with Crippen LogP contribution in [0, 0.1) is 0 Å². The summed E-state index contributed by atoms with van der Waals surface area (Å²) in [6.45, 7) is 0. The first-order chi connectivity index (χ1) is 16.0. The second-order valence-electron chi connectivity index (χ2n) is 6.96. The van der Waals surface area contributed by atoms with Crippen LogP contribution in [0.15, 0.2) is 90.6 Å². The highest BCUT2D eigenvalue weighted by Crippen LogP contribution is 2.24. The number of nitrogens with one attached hydrogen (secondary N) is 2. The van der Waals surface area contributed by atoms with Gasteiger partial charge in [0, 0.05) is 42.1 Å². The third-order valence-electron chi connectivity index (χ3n) is 4.76. The van der Waals surface area contributed by atoms with Crippen molar-refractivity contribution in [1.82, 2.24) is 24.5 Å². The first-order valence-electron chi connectivity index (χ1n) is 9.72. The Bertz CT molecular complexity index is 1530. The van der Waals surface area contributed by atoms with Gasteiger partial charge in [-0.3, -0.25) is 15.1 Å². The van der Waals surface area contributed by atoms with Crippen molar-refractivity contribution >= 4 is 33.0 Å². The predicted octanol–water partition coefficient (Wildman–Crippen LogP) is 3.16. The smallest absolute Gasteiger partial charge is 0.339 e. The largest absolute Gasteiger partial charge is 0.379 e. The van der Waals surface area contributed by atoms with Crippen molar-refractivity contribution in [2.45, 2.75) is 4.90 Å². The summed E-state index contributed by atoms with van der Waals surface area (Å²) in [6.07, 6.45) is 8.04. The standard InChI is InChI=1S/C22H16N6O4S/c29-21(15-7-9-23-10-8-15)27-22-25-19-6-3-17(13-20(19)26-22)32-33(30,31)18-4-1-16(2-5-18)28-12-11-24-14-28/h1-14H,(H2,25,26,27,29). The molecule has 0 aliphatic heterocycles. The van der Waals surface area contributed by atoms with Crippen molar-refractivity contribution in [3.8, 4) is 11.4 Å². The molecular weight excluding hydrogens is 444 g/mol. The summed E-state index contributed by atoms with van der Waals surface area (Å²) in [4.78, 5) is 27.4. The van der Waals surface area contributed by atoms with Crippen molar-refractivity contribution in [2.24, 2.45) is 0 Å². The number of nitrogens with zero attached hydrogens (tertiary/aromatic N) is 4. The zero-order valence-electron chi connectivity index (χ0n) is 16.9. The number of hydrogen-bond acceptors (Lipinski definition) is 7. The number of carbonyl (C=O) groups is 1. The van der Waals surface area contributed by atoms with Gasteiger partial charge in [0.2, 0.25) is 5.95 Å². The Morgan fingerprint density at radius 1 is 0.970 bits per heavy atom. The van der Waals surface area contributed by atoms with Crippen LogP contribution in [-0.4, -0.2) is 38.8 Å². The van der Waals surface area contributed by atoms with Crippen LogP contribution in [0.3, 0.4) is 0 Å². The average Bonchev–Trinajstić information content (AvgIpc) is 3.49. The molecule has 0 saturated carbocycles. The summed E-state index contributed by atoms with van der Waals surface area (Å²) >= 11 is 0. The number of rotatable bonds is 6. The molecule has 5 aromatic rings. The van der Waals surface area contributed by atoms with Gasteiger partial charge in [-0.15, -0.1) is 0 Å². The Morgan fingerprint density at radius 3 is 2.48 bits per heavy atom. The highest BCUT2D eigenvalue weighted by atomic mass is 32.2. The lowest BCUT2D eigenvalue weighted by atomic mass is 10.2. The topological polar surface area (TPSA) is 132 Å². The van der Waals surface area contributed by atoms with Crippen molar-refractivity contribution in [3.63, 3.8) is 0 Å². The zero-order valence-corrected chi connectivity index (χ0v) is 17.7. The lowest BCUT2D eigenvalue weighted by Crippen LogP contribution is -2.12. The summed E-state index contributed by atoms with van der Waals surface area (Å²) in [5, 5.41) is 2.66. The van der Waals surface area contributed by atoms with E-state index in [2.05, 4.69) is 25.3 Å². The molecule has 5 rings (SSSR count). The van der Waals surface area contributed by atoms with Crippen LogP contribution in [0.4, 0.5) is 5.95 Å². The molecule has 33 heavy (non-hydrogen) atoms. The van der Waals surface area contributed by atoms with Crippen LogP contribution in [0.2, 0.25) is 0 Å². The van der Waals surface area contributed by atoms with E-state index in [1.54, 1.807) is 53.6 Å². The molecule has 0 atom stereocenters. The monoisotopic (exact) mass is 460 g/mol. The minimum absolute atomic E-state index is 0.0152. The third-order valence-corrected chi connectivity index (χ3v) is 6.02. The summed E-state index contributed by atoms with van der Waals surface area (Å²) in [5.74, 6) is -0.0200. The number of hydrogen-bond donors (Lipinski definition) is 2. The van der Waals surface area contributed by atoms with Crippen molar-refractivity contribution in [1.29, 1.82) is 0 Å². The summed E-state index contributed by atoms with van der Waals surface area (Å²) in [6, 6.07) is 14.0.